The van der Waals surface area contributed by atoms with Crippen molar-refractivity contribution in [1.29, 1.82) is 0 Å². The van der Waals surface area contributed by atoms with Crippen LogP contribution in [0.5, 0.6) is 0 Å². The highest BCUT2D eigenvalue weighted by Gasteiger charge is 2.24. The van der Waals surface area contributed by atoms with Gasteiger partial charge in [-0.25, -0.2) is 4.79 Å². The zero-order valence-electron chi connectivity index (χ0n) is 11.4. The Kier molecular flexibility index (Phi) is 5.36. The van der Waals surface area contributed by atoms with Crippen molar-refractivity contribution in [2.45, 2.75) is 19.3 Å². The second-order valence-corrected chi connectivity index (χ2v) is 4.66. The van der Waals surface area contributed by atoms with Gasteiger partial charge in [0.15, 0.2) is 0 Å². The van der Waals surface area contributed by atoms with E-state index in [1.165, 1.54) is 11.1 Å². The molecule has 0 radical (unpaired) electrons. The number of ether oxygens (including phenoxy) is 2. The van der Waals surface area contributed by atoms with E-state index in [2.05, 4.69) is 29.6 Å². The maximum Gasteiger partial charge on any atom is 0.332 e. The molecule has 19 heavy (non-hydrogen) atoms. The number of fused-ring (bicyclic) bond motifs is 1. The molecule has 2 rings (SSSR count). The van der Waals surface area contributed by atoms with Gasteiger partial charge in [0.25, 0.3) is 0 Å². The molecule has 0 amide bonds. The van der Waals surface area contributed by atoms with Gasteiger partial charge in [-0.05, 0) is 24.5 Å². The molecule has 1 aliphatic rings. The second-order valence-electron chi connectivity index (χ2n) is 4.66. The van der Waals surface area contributed by atoms with Crippen molar-refractivity contribution < 1.29 is 14.3 Å². The molecule has 4 nitrogen and oxygen atoms in total. The summed E-state index contributed by atoms with van der Waals surface area (Å²) in [6.07, 6.45) is 1.16. The SMILES string of the molecule is CCOC(=O)COCCNCC1Cc2ccccc21. The third-order valence-corrected chi connectivity index (χ3v) is 3.30. The van der Waals surface area contributed by atoms with Crippen molar-refractivity contribution in [3.8, 4) is 0 Å². The highest BCUT2D eigenvalue weighted by molar-refractivity contribution is 5.70. The van der Waals surface area contributed by atoms with Crippen molar-refractivity contribution >= 4 is 5.97 Å². The number of hydrogen-bond acceptors (Lipinski definition) is 4. The molecule has 1 aromatic rings. The molecule has 0 heterocycles. The van der Waals surface area contributed by atoms with Crippen LogP contribution < -0.4 is 5.32 Å². The summed E-state index contributed by atoms with van der Waals surface area (Å²) in [4.78, 5) is 11.0. The molecule has 104 valence electrons. The molecule has 0 aliphatic heterocycles. The lowest BCUT2D eigenvalue weighted by atomic mass is 9.78. The minimum absolute atomic E-state index is 0.0434. The van der Waals surface area contributed by atoms with Crippen LogP contribution >= 0.6 is 0 Å². The topological polar surface area (TPSA) is 47.6 Å². The molecule has 1 unspecified atom stereocenters. The third-order valence-electron chi connectivity index (χ3n) is 3.30. The van der Waals surface area contributed by atoms with Crippen LogP contribution in [0.4, 0.5) is 0 Å². The van der Waals surface area contributed by atoms with E-state index in [0.29, 0.717) is 19.1 Å². The molecule has 1 atom stereocenters. The fraction of sp³-hybridized carbons (Fsp3) is 0.533. The molecule has 1 aliphatic carbocycles. The summed E-state index contributed by atoms with van der Waals surface area (Å²) in [5.74, 6) is 0.330. The lowest BCUT2D eigenvalue weighted by Crippen LogP contribution is -2.31. The summed E-state index contributed by atoms with van der Waals surface area (Å²) in [5, 5.41) is 3.36. The zero-order valence-corrected chi connectivity index (χ0v) is 11.4. The first-order valence-corrected chi connectivity index (χ1v) is 6.83. The van der Waals surface area contributed by atoms with Gasteiger partial charge >= 0.3 is 5.97 Å². The predicted octanol–water partition coefficient (Wildman–Crippen LogP) is 1.50. The highest BCUT2D eigenvalue weighted by Crippen LogP contribution is 2.33. The molecule has 1 N–H and O–H groups in total. The Balaban J connectivity index is 1.51. The van der Waals surface area contributed by atoms with Gasteiger partial charge in [-0.3, -0.25) is 0 Å². The van der Waals surface area contributed by atoms with Crippen molar-refractivity contribution in [1.82, 2.24) is 5.32 Å². The van der Waals surface area contributed by atoms with Crippen molar-refractivity contribution in [2.75, 3.05) is 32.9 Å². The normalized spacial score (nSPS) is 16.6. The number of carbonyl (C=O) groups is 1. The fourth-order valence-electron chi connectivity index (χ4n) is 2.32. The molecule has 0 saturated carbocycles. The lowest BCUT2D eigenvalue weighted by molar-refractivity contribution is -0.148. The van der Waals surface area contributed by atoms with E-state index in [1.54, 1.807) is 6.92 Å². The first-order valence-electron chi connectivity index (χ1n) is 6.83. The van der Waals surface area contributed by atoms with Gasteiger partial charge in [0, 0.05) is 19.0 Å². The van der Waals surface area contributed by atoms with E-state index in [1.807, 2.05) is 0 Å². The summed E-state index contributed by atoms with van der Waals surface area (Å²) in [6.45, 7) is 4.50. The Labute approximate surface area is 114 Å². The van der Waals surface area contributed by atoms with Gasteiger partial charge in [-0.2, -0.15) is 0 Å². The summed E-state index contributed by atoms with van der Waals surface area (Å²) < 4.78 is 9.98. The summed E-state index contributed by atoms with van der Waals surface area (Å²) in [6, 6.07) is 8.57. The van der Waals surface area contributed by atoms with Crippen LogP contribution in [0.2, 0.25) is 0 Å². The first-order chi connectivity index (χ1) is 9.31. The van der Waals surface area contributed by atoms with Crippen LogP contribution in [-0.2, 0) is 20.7 Å². The average Bonchev–Trinajstić information content (AvgIpc) is 2.38. The van der Waals surface area contributed by atoms with E-state index < -0.39 is 0 Å². The van der Waals surface area contributed by atoms with Crippen LogP contribution in [-0.4, -0.2) is 38.9 Å². The Morgan fingerprint density at radius 2 is 2.26 bits per heavy atom. The van der Waals surface area contributed by atoms with Crippen molar-refractivity contribution in [3.05, 3.63) is 35.4 Å². The quantitative estimate of drug-likeness (QED) is 0.570. The highest BCUT2D eigenvalue weighted by atomic mass is 16.6. The maximum absolute atomic E-state index is 11.0. The molecular weight excluding hydrogens is 242 g/mol. The molecule has 4 heteroatoms. The maximum atomic E-state index is 11.0. The van der Waals surface area contributed by atoms with Crippen molar-refractivity contribution in [3.63, 3.8) is 0 Å². The molecular formula is C15H21NO3. The second kappa shape index (κ2) is 7.26. The molecule has 0 fully saturated rings. The Hall–Kier alpha value is -1.39. The summed E-state index contributed by atoms with van der Waals surface area (Å²) in [7, 11) is 0. The van der Waals surface area contributed by atoms with Crippen LogP contribution in [0.3, 0.4) is 0 Å². The Morgan fingerprint density at radius 3 is 3.05 bits per heavy atom. The van der Waals surface area contributed by atoms with E-state index in [0.717, 1.165) is 19.5 Å². The van der Waals surface area contributed by atoms with Gasteiger partial charge < -0.3 is 14.8 Å². The minimum atomic E-state index is -0.296. The van der Waals surface area contributed by atoms with E-state index in [-0.39, 0.29) is 12.6 Å². The molecule has 0 aromatic heterocycles. The smallest absolute Gasteiger partial charge is 0.332 e. The monoisotopic (exact) mass is 263 g/mol. The van der Waals surface area contributed by atoms with Gasteiger partial charge in [0.2, 0.25) is 0 Å². The van der Waals surface area contributed by atoms with Crippen LogP contribution in [0.25, 0.3) is 0 Å². The number of hydrogen-bond donors (Lipinski definition) is 1. The number of carbonyl (C=O) groups excluding carboxylic acids is 1. The van der Waals surface area contributed by atoms with Crippen LogP contribution in [0.1, 0.15) is 24.0 Å². The fourth-order valence-corrected chi connectivity index (χ4v) is 2.32. The summed E-state index contributed by atoms with van der Waals surface area (Å²) in [5.41, 5.74) is 2.93. The number of esters is 1. The number of benzene rings is 1. The Morgan fingerprint density at radius 1 is 1.42 bits per heavy atom. The van der Waals surface area contributed by atoms with E-state index in [9.17, 15) is 4.79 Å². The van der Waals surface area contributed by atoms with Crippen LogP contribution in [0.15, 0.2) is 24.3 Å². The summed E-state index contributed by atoms with van der Waals surface area (Å²) >= 11 is 0. The van der Waals surface area contributed by atoms with E-state index >= 15 is 0 Å². The van der Waals surface area contributed by atoms with Gasteiger partial charge in [0.1, 0.15) is 6.61 Å². The molecule has 0 bridgehead atoms. The first kappa shape index (κ1) is 14.0. The number of nitrogens with one attached hydrogen (secondary N) is 1. The van der Waals surface area contributed by atoms with Gasteiger partial charge in [0.05, 0.1) is 13.2 Å². The molecule has 0 spiro atoms. The third kappa shape index (κ3) is 4.04. The van der Waals surface area contributed by atoms with Crippen LogP contribution in [0, 0.1) is 0 Å². The number of rotatable bonds is 8. The largest absolute Gasteiger partial charge is 0.464 e. The van der Waals surface area contributed by atoms with Gasteiger partial charge in [-0.15, -0.1) is 0 Å². The van der Waals surface area contributed by atoms with Gasteiger partial charge in [-0.1, -0.05) is 24.3 Å². The van der Waals surface area contributed by atoms with E-state index in [4.69, 9.17) is 9.47 Å². The molecule has 0 saturated heterocycles. The minimum Gasteiger partial charge on any atom is -0.464 e. The lowest BCUT2D eigenvalue weighted by Gasteiger charge is -2.30. The zero-order chi connectivity index (χ0) is 13.5. The average molecular weight is 263 g/mol. The molecule has 1 aromatic carbocycles. The standard InChI is InChI=1S/C15H21NO3/c1-2-19-15(17)11-18-8-7-16-10-13-9-12-5-3-4-6-14(12)13/h3-6,13,16H,2,7-11H2,1H3. The predicted molar refractivity (Wildman–Crippen MR) is 73.2 cm³/mol. The Bertz CT molecular complexity index is 420. The van der Waals surface area contributed by atoms with Crippen molar-refractivity contribution in [2.24, 2.45) is 0 Å².